The summed E-state index contributed by atoms with van der Waals surface area (Å²) in [6.07, 6.45) is 1.64. The van der Waals surface area contributed by atoms with E-state index in [0.29, 0.717) is 57.1 Å². The molecule has 2 saturated heterocycles. The molecule has 0 bridgehead atoms. The first kappa shape index (κ1) is 16.3. The van der Waals surface area contributed by atoms with Gasteiger partial charge in [-0.15, -0.1) is 0 Å². The summed E-state index contributed by atoms with van der Waals surface area (Å²) in [4.78, 5) is 26.7. The number of nitrogens with zero attached hydrogens (tertiary/aromatic N) is 1. The van der Waals surface area contributed by atoms with Gasteiger partial charge in [0.2, 0.25) is 11.8 Å². The Balaban J connectivity index is 1.92. The molecule has 2 aliphatic rings. The van der Waals surface area contributed by atoms with Gasteiger partial charge in [-0.25, -0.2) is 0 Å². The smallest absolute Gasteiger partial charge is 0.233 e. The minimum absolute atomic E-state index is 0.00378. The molecule has 1 aromatic carbocycles. The van der Waals surface area contributed by atoms with Crippen LogP contribution in [0.4, 0.5) is 0 Å². The Labute approximate surface area is 140 Å². The van der Waals surface area contributed by atoms with Crippen LogP contribution in [0.25, 0.3) is 0 Å². The van der Waals surface area contributed by atoms with Crippen LogP contribution in [0.2, 0.25) is 5.02 Å². The fourth-order valence-electron chi connectivity index (χ4n) is 3.40. The van der Waals surface area contributed by atoms with Crippen molar-refractivity contribution in [2.45, 2.75) is 24.7 Å². The van der Waals surface area contributed by atoms with Crippen LogP contribution in [0.5, 0.6) is 0 Å². The highest BCUT2D eigenvalue weighted by atomic mass is 35.5. The van der Waals surface area contributed by atoms with Gasteiger partial charge in [-0.2, -0.15) is 0 Å². The maximum Gasteiger partial charge on any atom is 0.233 e. The largest absolute Gasteiger partial charge is 0.381 e. The van der Waals surface area contributed by atoms with Crippen LogP contribution in [0.3, 0.4) is 0 Å². The van der Waals surface area contributed by atoms with E-state index in [1.54, 1.807) is 0 Å². The molecule has 1 N–H and O–H groups in total. The van der Waals surface area contributed by atoms with Gasteiger partial charge in [-0.1, -0.05) is 23.7 Å². The van der Waals surface area contributed by atoms with Crippen molar-refractivity contribution in [3.05, 3.63) is 34.9 Å². The molecule has 2 heterocycles. The lowest BCUT2D eigenvalue weighted by Crippen LogP contribution is -2.50. The normalized spacial score (nSPS) is 21.4. The molecular weight excluding hydrogens is 316 g/mol. The Morgan fingerprint density at radius 3 is 2.78 bits per heavy atom. The topological polar surface area (TPSA) is 58.6 Å². The van der Waals surface area contributed by atoms with E-state index in [1.807, 2.05) is 29.2 Å². The number of nitrogens with one attached hydrogen (secondary N) is 1. The Hall–Kier alpha value is -1.59. The molecule has 23 heavy (non-hydrogen) atoms. The van der Waals surface area contributed by atoms with E-state index in [1.165, 1.54) is 0 Å². The lowest BCUT2D eigenvalue weighted by Gasteiger charge is -2.40. The fourth-order valence-corrected chi connectivity index (χ4v) is 3.60. The van der Waals surface area contributed by atoms with Crippen molar-refractivity contribution in [2.75, 3.05) is 32.8 Å². The van der Waals surface area contributed by atoms with Crippen LogP contribution in [-0.2, 0) is 19.7 Å². The molecule has 124 valence electrons. The first-order chi connectivity index (χ1) is 11.1. The molecule has 0 spiro atoms. The minimum Gasteiger partial charge on any atom is -0.381 e. The molecule has 0 aliphatic carbocycles. The number of hydrogen-bond donors (Lipinski definition) is 1. The number of hydrogen-bond acceptors (Lipinski definition) is 3. The molecular formula is C17H21ClN2O3. The van der Waals surface area contributed by atoms with Gasteiger partial charge in [-0.05, 0) is 30.5 Å². The SMILES string of the molecule is O=C1CCN(C(=O)C2(c3cccc(Cl)c3)CCOCC2)CCN1. The molecule has 0 atom stereocenters. The standard InChI is InChI=1S/C17H21ClN2O3/c18-14-3-1-2-13(12-14)17(5-10-23-11-6-17)16(22)20-8-4-15(21)19-7-9-20/h1-3,12H,4-11H2,(H,19,21). The zero-order chi connectivity index (χ0) is 16.3. The third-order valence-corrected chi connectivity index (χ3v) is 4.97. The highest BCUT2D eigenvalue weighted by Crippen LogP contribution is 2.38. The van der Waals surface area contributed by atoms with Crippen molar-refractivity contribution >= 4 is 23.4 Å². The van der Waals surface area contributed by atoms with Gasteiger partial charge in [0, 0.05) is 44.3 Å². The first-order valence-electron chi connectivity index (χ1n) is 8.02. The molecule has 0 radical (unpaired) electrons. The number of halogens is 1. The minimum atomic E-state index is -0.601. The number of carbonyl (C=O) groups excluding carboxylic acids is 2. The Morgan fingerprint density at radius 1 is 1.26 bits per heavy atom. The number of ether oxygens (including phenoxy) is 1. The summed E-state index contributed by atoms with van der Waals surface area (Å²) in [7, 11) is 0. The van der Waals surface area contributed by atoms with E-state index in [9.17, 15) is 9.59 Å². The molecule has 2 aliphatic heterocycles. The molecule has 6 heteroatoms. The van der Waals surface area contributed by atoms with Crippen LogP contribution in [-0.4, -0.2) is 49.6 Å². The highest BCUT2D eigenvalue weighted by molar-refractivity contribution is 6.30. The number of amides is 2. The first-order valence-corrected chi connectivity index (χ1v) is 8.39. The van der Waals surface area contributed by atoms with Crippen molar-refractivity contribution < 1.29 is 14.3 Å². The van der Waals surface area contributed by atoms with E-state index in [2.05, 4.69) is 5.32 Å². The van der Waals surface area contributed by atoms with E-state index >= 15 is 0 Å². The molecule has 0 unspecified atom stereocenters. The van der Waals surface area contributed by atoms with E-state index in [0.717, 1.165) is 5.56 Å². The number of carbonyl (C=O) groups is 2. The highest BCUT2D eigenvalue weighted by Gasteiger charge is 2.44. The molecule has 0 saturated carbocycles. The molecule has 2 fully saturated rings. The van der Waals surface area contributed by atoms with Crippen molar-refractivity contribution in [3.63, 3.8) is 0 Å². The summed E-state index contributed by atoms with van der Waals surface area (Å²) in [5, 5.41) is 3.45. The van der Waals surface area contributed by atoms with Crippen LogP contribution in [0.15, 0.2) is 24.3 Å². The maximum atomic E-state index is 13.3. The zero-order valence-corrected chi connectivity index (χ0v) is 13.8. The maximum absolute atomic E-state index is 13.3. The number of rotatable bonds is 2. The van der Waals surface area contributed by atoms with Crippen molar-refractivity contribution in [1.29, 1.82) is 0 Å². The van der Waals surface area contributed by atoms with Crippen LogP contribution in [0, 0.1) is 0 Å². The van der Waals surface area contributed by atoms with Gasteiger partial charge in [0.05, 0.1) is 5.41 Å². The van der Waals surface area contributed by atoms with Crippen LogP contribution >= 0.6 is 11.6 Å². The summed E-state index contributed by atoms with van der Waals surface area (Å²) >= 11 is 6.15. The lowest BCUT2D eigenvalue weighted by molar-refractivity contribution is -0.141. The molecule has 5 nitrogen and oxygen atoms in total. The third-order valence-electron chi connectivity index (χ3n) is 4.73. The van der Waals surface area contributed by atoms with Gasteiger partial charge in [0.15, 0.2) is 0 Å². The van der Waals surface area contributed by atoms with Crippen molar-refractivity contribution in [2.24, 2.45) is 0 Å². The molecule has 3 rings (SSSR count). The fraction of sp³-hybridized carbons (Fsp3) is 0.529. The summed E-state index contributed by atoms with van der Waals surface area (Å²) in [5.41, 5.74) is 0.345. The number of benzene rings is 1. The van der Waals surface area contributed by atoms with Gasteiger partial charge >= 0.3 is 0 Å². The van der Waals surface area contributed by atoms with E-state index < -0.39 is 5.41 Å². The monoisotopic (exact) mass is 336 g/mol. The predicted octanol–water partition coefficient (Wildman–Crippen LogP) is 1.74. The van der Waals surface area contributed by atoms with Gasteiger partial charge < -0.3 is 15.0 Å². The average Bonchev–Trinajstić information content (AvgIpc) is 2.79. The molecule has 0 aromatic heterocycles. The summed E-state index contributed by atoms with van der Waals surface area (Å²) in [6.45, 7) is 2.64. The Bertz CT molecular complexity index is 599. The van der Waals surface area contributed by atoms with E-state index in [-0.39, 0.29) is 11.8 Å². The Morgan fingerprint density at radius 2 is 2.04 bits per heavy atom. The summed E-state index contributed by atoms with van der Waals surface area (Å²) in [6, 6.07) is 7.55. The van der Waals surface area contributed by atoms with Crippen LogP contribution in [0.1, 0.15) is 24.8 Å². The predicted molar refractivity (Wildman–Crippen MR) is 87.4 cm³/mol. The second-order valence-electron chi connectivity index (χ2n) is 6.10. The average molecular weight is 337 g/mol. The zero-order valence-electron chi connectivity index (χ0n) is 13.0. The summed E-state index contributed by atoms with van der Waals surface area (Å²) < 4.78 is 5.49. The van der Waals surface area contributed by atoms with Crippen molar-refractivity contribution in [1.82, 2.24) is 10.2 Å². The Kier molecular flexibility index (Phi) is 4.87. The van der Waals surface area contributed by atoms with Crippen molar-refractivity contribution in [3.8, 4) is 0 Å². The lowest BCUT2D eigenvalue weighted by atomic mass is 9.73. The summed E-state index contributed by atoms with van der Waals surface area (Å²) in [5.74, 6) is 0.0867. The second kappa shape index (κ2) is 6.89. The second-order valence-corrected chi connectivity index (χ2v) is 6.53. The van der Waals surface area contributed by atoms with Gasteiger partial charge in [-0.3, -0.25) is 9.59 Å². The van der Waals surface area contributed by atoms with Gasteiger partial charge in [0.25, 0.3) is 0 Å². The van der Waals surface area contributed by atoms with Crippen LogP contribution < -0.4 is 5.32 Å². The van der Waals surface area contributed by atoms with E-state index in [4.69, 9.17) is 16.3 Å². The third kappa shape index (κ3) is 3.35. The molecule has 1 aromatic rings. The van der Waals surface area contributed by atoms with Gasteiger partial charge in [0.1, 0.15) is 0 Å². The molecule has 2 amide bonds. The quantitative estimate of drug-likeness (QED) is 0.895.